The summed E-state index contributed by atoms with van der Waals surface area (Å²) in [5, 5.41) is 2.89. The molecule has 0 aliphatic carbocycles. The number of nitrogens with zero attached hydrogens (tertiary/aromatic N) is 1. The summed E-state index contributed by atoms with van der Waals surface area (Å²) in [4.78, 5) is 49.5. The number of para-hydroxylation sites is 1. The van der Waals surface area contributed by atoms with Gasteiger partial charge >= 0.3 is 5.97 Å². The molecule has 0 aromatic heterocycles. The van der Waals surface area contributed by atoms with Crippen molar-refractivity contribution in [3.63, 3.8) is 0 Å². The zero-order valence-electron chi connectivity index (χ0n) is 14.3. The van der Waals surface area contributed by atoms with Gasteiger partial charge < -0.3 is 10.1 Å². The number of esters is 1. The van der Waals surface area contributed by atoms with Gasteiger partial charge in [-0.25, -0.2) is 0 Å². The van der Waals surface area contributed by atoms with Crippen LogP contribution < -0.4 is 5.32 Å². The van der Waals surface area contributed by atoms with E-state index in [9.17, 15) is 19.2 Å². The lowest BCUT2D eigenvalue weighted by Crippen LogP contribution is -2.38. The molecule has 0 fully saturated rings. The molecule has 7 nitrogen and oxygen atoms in total. The molecule has 8 heteroatoms. The van der Waals surface area contributed by atoms with E-state index >= 15 is 0 Å². The molecule has 27 heavy (non-hydrogen) atoms. The number of rotatable bonds is 5. The highest BCUT2D eigenvalue weighted by Gasteiger charge is 2.37. The fourth-order valence-corrected chi connectivity index (χ4v) is 2.78. The predicted octanol–water partition coefficient (Wildman–Crippen LogP) is 2.51. The summed E-state index contributed by atoms with van der Waals surface area (Å²) >= 11 is 5.96. The van der Waals surface area contributed by atoms with Gasteiger partial charge in [-0.2, -0.15) is 0 Å². The van der Waals surface area contributed by atoms with Gasteiger partial charge in [0.1, 0.15) is 6.54 Å². The van der Waals surface area contributed by atoms with Crippen LogP contribution in [0.4, 0.5) is 5.69 Å². The van der Waals surface area contributed by atoms with Gasteiger partial charge in [0.2, 0.25) is 0 Å². The molecule has 1 aliphatic heterocycles. The van der Waals surface area contributed by atoms with E-state index < -0.39 is 36.3 Å². The maximum absolute atomic E-state index is 12.2. The second kappa shape index (κ2) is 7.59. The quantitative estimate of drug-likeness (QED) is 0.629. The Morgan fingerprint density at radius 2 is 1.59 bits per heavy atom. The lowest BCUT2D eigenvalue weighted by molar-refractivity contribution is -0.153. The largest absolute Gasteiger partial charge is 0.451 e. The van der Waals surface area contributed by atoms with E-state index in [-0.39, 0.29) is 11.1 Å². The van der Waals surface area contributed by atoms with Gasteiger partial charge in [0, 0.05) is 0 Å². The summed E-state index contributed by atoms with van der Waals surface area (Å²) in [6.07, 6.45) is -1.14. The van der Waals surface area contributed by atoms with Gasteiger partial charge in [-0.3, -0.25) is 24.1 Å². The fourth-order valence-electron chi connectivity index (χ4n) is 2.60. The van der Waals surface area contributed by atoms with Crippen molar-refractivity contribution in [2.24, 2.45) is 0 Å². The minimum absolute atomic E-state index is 0.236. The minimum atomic E-state index is -1.14. The molecular formula is C19H15ClN2O5. The van der Waals surface area contributed by atoms with Gasteiger partial charge in [-0.15, -0.1) is 0 Å². The number of carbonyl (C=O) groups excluding carboxylic acids is 4. The van der Waals surface area contributed by atoms with E-state index in [4.69, 9.17) is 16.3 Å². The molecule has 1 aliphatic rings. The molecule has 0 radical (unpaired) electrons. The molecule has 3 amide bonds. The molecule has 0 saturated carbocycles. The summed E-state index contributed by atoms with van der Waals surface area (Å²) in [5.74, 6) is -2.59. The third-order valence-corrected chi connectivity index (χ3v) is 4.30. The minimum Gasteiger partial charge on any atom is -0.451 e. The molecule has 0 saturated heterocycles. The molecule has 2 aromatic rings. The first-order valence-electron chi connectivity index (χ1n) is 8.08. The number of hydrogen-bond donors (Lipinski definition) is 1. The molecule has 1 atom stereocenters. The van der Waals surface area contributed by atoms with Gasteiger partial charge in [-0.05, 0) is 31.2 Å². The molecular weight excluding hydrogens is 372 g/mol. The van der Waals surface area contributed by atoms with Crippen molar-refractivity contribution in [2.45, 2.75) is 13.0 Å². The molecule has 1 heterocycles. The smallest absolute Gasteiger partial charge is 0.326 e. The van der Waals surface area contributed by atoms with Crippen molar-refractivity contribution < 1.29 is 23.9 Å². The summed E-state index contributed by atoms with van der Waals surface area (Å²) in [7, 11) is 0. The van der Waals surface area contributed by atoms with Crippen molar-refractivity contribution in [3.8, 4) is 0 Å². The summed E-state index contributed by atoms with van der Waals surface area (Å²) < 4.78 is 5.04. The van der Waals surface area contributed by atoms with Crippen LogP contribution in [-0.4, -0.2) is 41.2 Å². The monoisotopic (exact) mass is 386 g/mol. The Morgan fingerprint density at radius 1 is 1.04 bits per heavy atom. The first-order valence-corrected chi connectivity index (χ1v) is 8.46. The third-order valence-electron chi connectivity index (χ3n) is 3.97. The molecule has 0 spiro atoms. The average Bonchev–Trinajstić information content (AvgIpc) is 2.89. The lowest BCUT2D eigenvalue weighted by Gasteiger charge is -2.17. The van der Waals surface area contributed by atoms with Crippen LogP contribution in [0.5, 0.6) is 0 Å². The maximum Gasteiger partial charge on any atom is 0.326 e. The van der Waals surface area contributed by atoms with Crippen LogP contribution in [-0.2, 0) is 14.3 Å². The number of ether oxygens (including phenoxy) is 1. The first kappa shape index (κ1) is 18.6. The zero-order chi connectivity index (χ0) is 19.6. The Kier molecular flexibility index (Phi) is 5.23. The number of anilines is 1. The van der Waals surface area contributed by atoms with Crippen LogP contribution in [0.25, 0.3) is 0 Å². The number of amides is 3. The fraction of sp³-hybridized carbons (Fsp3) is 0.158. The Balaban J connectivity index is 1.59. The molecule has 138 valence electrons. The number of fused-ring (bicyclic) bond motifs is 1. The number of imide groups is 1. The highest BCUT2D eigenvalue weighted by atomic mass is 35.5. The van der Waals surface area contributed by atoms with Gasteiger partial charge in [0.05, 0.1) is 21.8 Å². The summed E-state index contributed by atoms with van der Waals surface area (Å²) in [6.45, 7) is 0.808. The van der Waals surface area contributed by atoms with Crippen LogP contribution in [0.1, 0.15) is 27.6 Å². The highest BCUT2D eigenvalue weighted by Crippen LogP contribution is 2.23. The number of hydrogen-bond acceptors (Lipinski definition) is 5. The molecule has 0 unspecified atom stereocenters. The molecule has 2 aromatic carbocycles. The van der Waals surface area contributed by atoms with Crippen molar-refractivity contribution in [1.82, 2.24) is 4.90 Å². The maximum atomic E-state index is 12.2. The van der Waals surface area contributed by atoms with E-state index in [0.29, 0.717) is 10.7 Å². The van der Waals surface area contributed by atoms with Crippen LogP contribution in [0.2, 0.25) is 5.02 Å². The third kappa shape index (κ3) is 3.83. The van der Waals surface area contributed by atoms with E-state index in [1.54, 1.807) is 36.4 Å². The Hall–Kier alpha value is -3.19. The van der Waals surface area contributed by atoms with Crippen LogP contribution in [0.3, 0.4) is 0 Å². The number of benzene rings is 2. The molecule has 3 rings (SSSR count). The van der Waals surface area contributed by atoms with Gasteiger partial charge in [0.25, 0.3) is 17.7 Å². The Bertz CT molecular complexity index is 908. The highest BCUT2D eigenvalue weighted by molar-refractivity contribution is 6.33. The van der Waals surface area contributed by atoms with Gasteiger partial charge in [0.15, 0.2) is 6.10 Å². The lowest BCUT2D eigenvalue weighted by atomic mass is 10.1. The van der Waals surface area contributed by atoms with E-state index in [1.165, 1.54) is 19.1 Å². The second-order valence-corrected chi connectivity index (χ2v) is 6.25. The number of carbonyl (C=O) groups is 4. The van der Waals surface area contributed by atoms with E-state index in [1.807, 2.05) is 0 Å². The predicted molar refractivity (Wildman–Crippen MR) is 97.4 cm³/mol. The summed E-state index contributed by atoms with van der Waals surface area (Å²) in [5.41, 5.74) is 0.854. The van der Waals surface area contributed by atoms with Crippen LogP contribution >= 0.6 is 11.6 Å². The summed E-state index contributed by atoms with van der Waals surface area (Å²) in [6, 6.07) is 12.9. The van der Waals surface area contributed by atoms with Crippen LogP contribution in [0.15, 0.2) is 48.5 Å². The topological polar surface area (TPSA) is 92.8 Å². The van der Waals surface area contributed by atoms with Crippen LogP contribution in [0, 0.1) is 0 Å². The van der Waals surface area contributed by atoms with Crippen molar-refractivity contribution in [1.29, 1.82) is 0 Å². The SMILES string of the molecule is C[C@H](OC(=O)CN1C(=O)c2ccccc2C1=O)C(=O)Nc1ccccc1Cl. The number of nitrogens with one attached hydrogen (secondary N) is 1. The van der Waals surface area contributed by atoms with Crippen molar-refractivity contribution >= 4 is 41.0 Å². The molecule has 1 N–H and O–H groups in total. The average molecular weight is 387 g/mol. The zero-order valence-corrected chi connectivity index (χ0v) is 15.0. The van der Waals surface area contributed by atoms with Crippen molar-refractivity contribution in [3.05, 3.63) is 64.7 Å². The second-order valence-electron chi connectivity index (χ2n) is 5.84. The number of halogens is 1. The Morgan fingerprint density at radius 3 is 2.19 bits per heavy atom. The molecule has 0 bridgehead atoms. The van der Waals surface area contributed by atoms with Gasteiger partial charge in [-0.1, -0.05) is 35.9 Å². The first-order chi connectivity index (χ1) is 12.9. The van der Waals surface area contributed by atoms with E-state index in [2.05, 4.69) is 5.32 Å². The van der Waals surface area contributed by atoms with E-state index in [0.717, 1.165) is 4.90 Å². The normalized spacial score (nSPS) is 13.9. The standard InChI is InChI=1S/C19H15ClN2O5/c1-11(17(24)21-15-9-5-4-8-14(15)20)27-16(23)10-22-18(25)12-6-2-3-7-13(12)19(22)26/h2-9,11H,10H2,1H3,(H,21,24)/t11-/m0/s1. The Labute approximate surface area is 159 Å². The van der Waals surface area contributed by atoms with Crippen molar-refractivity contribution in [2.75, 3.05) is 11.9 Å².